The lowest BCUT2D eigenvalue weighted by Gasteiger charge is -2.33. The second-order valence-electron chi connectivity index (χ2n) is 4.81. The maximum absolute atomic E-state index is 11.7. The van der Waals surface area contributed by atoms with Crippen LogP contribution in [0.15, 0.2) is 24.3 Å². The Hall–Kier alpha value is -1.59. The molecule has 1 aliphatic heterocycles. The Morgan fingerprint density at radius 2 is 2.15 bits per heavy atom. The van der Waals surface area contributed by atoms with E-state index >= 15 is 0 Å². The summed E-state index contributed by atoms with van der Waals surface area (Å²) in [6, 6.07) is 7.61. The molecule has 0 aliphatic carbocycles. The smallest absolute Gasteiger partial charge is 0.325 e. The van der Waals surface area contributed by atoms with Gasteiger partial charge in [-0.1, -0.05) is 17.7 Å². The van der Waals surface area contributed by atoms with E-state index < -0.39 is 0 Å². The third kappa shape index (κ3) is 3.95. The summed E-state index contributed by atoms with van der Waals surface area (Å²) in [6.07, 6.45) is 0. The van der Waals surface area contributed by atoms with E-state index in [1.807, 2.05) is 36.1 Å². The Morgan fingerprint density at radius 3 is 2.85 bits per heavy atom. The first-order chi connectivity index (χ1) is 9.70. The summed E-state index contributed by atoms with van der Waals surface area (Å²) in [5, 5.41) is 0. The Balaban J connectivity index is 1.82. The lowest BCUT2D eigenvalue weighted by atomic mass is 10.2. The molecule has 2 rings (SSSR count). The summed E-state index contributed by atoms with van der Waals surface area (Å²) in [7, 11) is 1.40. The van der Waals surface area contributed by atoms with Crippen LogP contribution in [0.5, 0.6) is 5.75 Å². The first kappa shape index (κ1) is 14.8. The second kappa shape index (κ2) is 7.26. The summed E-state index contributed by atoms with van der Waals surface area (Å²) in [5.74, 6) is 0.596. The Kier molecular flexibility index (Phi) is 5.38. The summed E-state index contributed by atoms with van der Waals surface area (Å²) >= 11 is 0. The molecule has 5 heteroatoms. The molecule has 1 aromatic carbocycles. The standard InChI is InChI=1S/C15H21NO4/c1-12-3-5-13(6-4-12)20-10-8-16-7-9-19-11-14(16)15(17)18-2/h3-6,14H,7-11H2,1-2H3. The number of carbonyl (C=O) groups is 1. The number of esters is 1. The van der Waals surface area contributed by atoms with E-state index in [9.17, 15) is 4.79 Å². The maximum atomic E-state index is 11.7. The SMILES string of the molecule is COC(=O)C1COCCN1CCOc1ccc(C)cc1. The van der Waals surface area contributed by atoms with Crippen LogP contribution < -0.4 is 4.74 Å². The Morgan fingerprint density at radius 1 is 1.40 bits per heavy atom. The number of rotatable bonds is 5. The molecule has 1 aromatic rings. The molecule has 1 heterocycles. The fourth-order valence-corrected chi connectivity index (χ4v) is 2.17. The monoisotopic (exact) mass is 279 g/mol. The number of carbonyl (C=O) groups excluding carboxylic acids is 1. The number of hydrogen-bond donors (Lipinski definition) is 0. The van der Waals surface area contributed by atoms with Gasteiger partial charge in [0.15, 0.2) is 0 Å². The molecule has 1 saturated heterocycles. The molecule has 1 atom stereocenters. The minimum atomic E-state index is -0.324. The number of morpholine rings is 1. The van der Waals surface area contributed by atoms with Crippen molar-refractivity contribution in [2.75, 3.05) is 40.0 Å². The highest BCUT2D eigenvalue weighted by Crippen LogP contribution is 2.12. The summed E-state index contributed by atoms with van der Waals surface area (Å²) in [4.78, 5) is 13.7. The van der Waals surface area contributed by atoms with Crippen LogP contribution in [-0.4, -0.2) is 56.9 Å². The van der Waals surface area contributed by atoms with E-state index in [0.29, 0.717) is 26.4 Å². The second-order valence-corrected chi connectivity index (χ2v) is 4.81. The zero-order valence-corrected chi connectivity index (χ0v) is 12.0. The molecular formula is C15H21NO4. The lowest BCUT2D eigenvalue weighted by Crippen LogP contribution is -2.51. The number of methoxy groups -OCH3 is 1. The number of nitrogens with zero attached hydrogens (tertiary/aromatic N) is 1. The summed E-state index contributed by atoms with van der Waals surface area (Å²) < 4.78 is 15.8. The molecule has 1 aliphatic rings. The van der Waals surface area contributed by atoms with Crippen molar-refractivity contribution in [3.05, 3.63) is 29.8 Å². The van der Waals surface area contributed by atoms with Gasteiger partial charge in [0.2, 0.25) is 0 Å². The van der Waals surface area contributed by atoms with E-state index in [1.165, 1.54) is 12.7 Å². The molecule has 110 valence electrons. The van der Waals surface area contributed by atoms with E-state index in [4.69, 9.17) is 14.2 Å². The first-order valence-corrected chi connectivity index (χ1v) is 6.80. The molecule has 0 amide bonds. The van der Waals surface area contributed by atoms with Gasteiger partial charge in [0.25, 0.3) is 0 Å². The van der Waals surface area contributed by atoms with Gasteiger partial charge in [0.05, 0.1) is 20.3 Å². The van der Waals surface area contributed by atoms with Gasteiger partial charge >= 0.3 is 5.97 Å². The molecule has 1 unspecified atom stereocenters. The van der Waals surface area contributed by atoms with Gasteiger partial charge in [-0.15, -0.1) is 0 Å². The van der Waals surface area contributed by atoms with E-state index in [1.54, 1.807) is 0 Å². The predicted octanol–water partition coefficient (Wildman–Crippen LogP) is 1.25. The van der Waals surface area contributed by atoms with Crippen LogP contribution in [0.2, 0.25) is 0 Å². The molecule has 0 radical (unpaired) electrons. The Bertz CT molecular complexity index is 432. The highest BCUT2D eigenvalue weighted by molar-refractivity contribution is 5.75. The largest absolute Gasteiger partial charge is 0.492 e. The molecule has 20 heavy (non-hydrogen) atoms. The molecule has 0 aromatic heterocycles. The lowest BCUT2D eigenvalue weighted by molar-refractivity contribution is -0.153. The molecule has 0 spiro atoms. The van der Waals surface area contributed by atoms with E-state index in [-0.39, 0.29) is 12.0 Å². The van der Waals surface area contributed by atoms with Gasteiger partial charge in [-0.3, -0.25) is 9.69 Å². The highest BCUT2D eigenvalue weighted by Gasteiger charge is 2.29. The topological polar surface area (TPSA) is 48.0 Å². The fraction of sp³-hybridized carbons (Fsp3) is 0.533. The number of hydrogen-bond acceptors (Lipinski definition) is 5. The maximum Gasteiger partial charge on any atom is 0.325 e. The van der Waals surface area contributed by atoms with Crippen molar-refractivity contribution < 1.29 is 19.0 Å². The van der Waals surface area contributed by atoms with Crippen molar-refractivity contribution in [3.63, 3.8) is 0 Å². The highest BCUT2D eigenvalue weighted by atomic mass is 16.5. The third-order valence-corrected chi connectivity index (χ3v) is 3.38. The van der Waals surface area contributed by atoms with Crippen molar-refractivity contribution in [1.29, 1.82) is 0 Å². The molecule has 0 bridgehead atoms. The number of aryl methyl sites for hydroxylation is 1. The van der Waals surface area contributed by atoms with Gasteiger partial charge in [-0.2, -0.15) is 0 Å². The molecular weight excluding hydrogens is 258 g/mol. The van der Waals surface area contributed by atoms with Crippen LogP contribution in [0.4, 0.5) is 0 Å². The van der Waals surface area contributed by atoms with E-state index in [0.717, 1.165) is 12.3 Å². The van der Waals surface area contributed by atoms with Crippen LogP contribution in [0.25, 0.3) is 0 Å². The average Bonchev–Trinajstić information content (AvgIpc) is 2.49. The van der Waals surface area contributed by atoms with Crippen molar-refractivity contribution in [2.45, 2.75) is 13.0 Å². The third-order valence-electron chi connectivity index (χ3n) is 3.38. The van der Waals surface area contributed by atoms with Crippen LogP contribution in [0.3, 0.4) is 0 Å². The minimum Gasteiger partial charge on any atom is -0.492 e. The van der Waals surface area contributed by atoms with Crippen LogP contribution in [-0.2, 0) is 14.3 Å². The summed E-state index contributed by atoms with van der Waals surface area (Å²) in [5.41, 5.74) is 1.20. The molecule has 0 saturated carbocycles. The normalized spacial score (nSPS) is 19.6. The average molecular weight is 279 g/mol. The number of benzene rings is 1. The van der Waals surface area contributed by atoms with Gasteiger partial charge in [-0.05, 0) is 19.1 Å². The van der Waals surface area contributed by atoms with Crippen LogP contribution in [0, 0.1) is 6.92 Å². The first-order valence-electron chi connectivity index (χ1n) is 6.80. The molecule has 0 N–H and O–H groups in total. The molecule has 1 fully saturated rings. The van der Waals surface area contributed by atoms with E-state index in [2.05, 4.69) is 0 Å². The summed E-state index contributed by atoms with van der Waals surface area (Å²) in [6.45, 7) is 5.00. The zero-order chi connectivity index (χ0) is 14.4. The van der Waals surface area contributed by atoms with Crippen molar-refractivity contribution in [3.8, 4) is 5.75 Å². The van der Waals surface area contributed by atoms with Gasteiger partial charge in [0, 0.05) is 13.1 Å². The molecule has 5 nitrogen and oxygen atoms in total. The van der Waals surface area contributed by atoms with Crippen molar-refractivity contribution >= 4 is 5.97 Å². The van der Waals surface area contributed by atoms with Gasteiger partial charge < -0.3 is 14.2 Å². The fourth-order valence-electron chi connectivity index (χ4n) is 2.17. The van der Waals surface area contributed by atoms with Crippen LogP contribution >= 0.6 is 0 Å². The van der Waals surface area contributed by atoms with Crippen molar-refractivity contribution in [1.82, 2.24) is 4.90 Å². The Labute approximate surface area is 119 Å². The predicted molar refractivity (Wildman–Crippen MR) is 74.9 cm³/mol. The van der Waals surface area contributed by atoms with Crippen molar-refractivity contribution in [2.24, 2.45) is 0 Å². The quantitative estimate of drug-likeness (QED) is 0.759. The van der Waals surface area contributed by atoms with Gasteiger partial charge in [-0.25, -0.2) is 0 Å². The van der Waals surface area contributed by atoms with Crippen LogP contribution in [0.1, 0.15) is 5.56 Å². The minimum absolute atomic E-state index is 0.250. The van der Waals surface area contributed by atoms with Gasteiger partial charge in [0.1, 0.15) is 18.4 Å². The number of ether oxygens (including phenoxy) is 3. The zero-order valence-electron chi connectivity index (χ0n) is 12.0.